The predicted molar refractivity (Wildman–Crippen MR) is 127 cm³/mol. The van der Waals surface area contributed by atoms with Crippen LogP contribution in [0, 0.1) is 5.82 Å². The lowest BCUT2D eigenvalue weighted by Gasteiger charge is -2.44. The van der Waals surface area contributed by atoms with E-state index in [2.05, 4.69) is 15.6 Å². The highest BCUT2D eigenvalue weighted by Gasteiger charge is 2.53. The van der Waals surface area contributed by atoms with Gasteiger partial charge in [0.25, 0.3) is 11.8 Å². The van der Waals surface area contributed by atoms with Crippen molar-refractivity contribution in [2.75, 3.05) is 5.32 Å². The summed E-state index contributed by atoms with van der Waals surface area (Å²) in [5.74, 6) is -2.42. The van der Waals surface area contributed by atoms with Crippen LogP contribution in [0.5, 0.6) is 0 Å². The summed E-state index contributed by atoms with van der Waals surface area (Å²) in [5, 5.41) is 5.02. The molecule has 1 aromatic heterocycles. The molecule has 0 saturated heterocycles. The number of imidazole rings is 1. The monoisotopic (exact) mass is 529 g/mol. The van der Waals surface area contributed by atoms with Crippen molar-refractivity contribution in [1.82, 2.24) is 19.8 Å². The Morgan fingerprint density at radius 1 is 1.11 bits per heavy atom. The van der Waals surface area contributed by atoms with Crippen LogP contribution in [0.2, 0.25) is 0 Å². The Kier molecular flexibility index (Phi) is 6.20. The van der Waals surface area contributed by atoms with Crippen molar-refractivity contribution in [2.45, 2.75) is 50.6 Å². The van der Waals surface area contributed by atoms with E-state index in [1.165, 1.54) is 40.1 Å². The van der Waals surface area contributed by atoms with Gasteiger partial charge in [-0.05, 0) is 49.6 Å². The van der Waals surface area contributed by atoms with Crippen LogP contribution in [0.3, 0.4) is 0 Å². The van der Waals surface area contributed by atoms with Crippen molar-refractivity contribution in [3.63, 3.8) is 0 Å². The molecule has 2 N–H and O–H groups in total. The van der Waals surface area contributed by atoms with Crippen molar-refractivity contribution in [2.24, 2.45) is 0 Å². The van der Waals surface area contributed by atoms with Gasteiger partial charge in [-0.25, -0.2) is 9.37 Å². The number of aromatic nitrogens is 2. The summed E-state index contributed by atoms with van der Waals surface area (Å²) in [6, 6.07) is 9.92. The molecule has 38 heavy (non-hydrogen) atoms. The quantitative estimate of drug-likeness (QED) is 0.472. The normalized spacial score (nSPS) is 19.2. The Bertz CT molecular complexity index is 1410. The largest absolute Gasteiger partial charge is 0.418 e. The number of benzene rings is 2. The molecule has 0 unspecified atom stereocenters. The Labute approximate surface area is 214 Å². The van der Waals surface area contributed by atoms with Crippen LogP contribution in [0.4, 0.5) is 23.2 Å². The molecule has 1 aliphatic carbocycles. The second-order valence-corrected chi connectivity index (χ2v) is 9.56. The highest BCUT2D eigenvalue weighted by atomic mass is 19.4. The van der Waals surface area contributed by atoms with E-state index < -0.39 is 46.5 Å². The molecule has 198 valence electrons. The van der Waals surface area contributed by atoms with Gasteiger partial charge in [0.15, 0.2) is 5.69 Å². The molecule has 1 fully saturated rings. The zero-order valence-electron chi connectivity index (χ0n) is 20.2. The van der Waals surface area contributed by atoms with Crippen LogP contribution in [-0.4, -0.2) is 43.8 Å². The molecule has 2 aromatic carbocycles. The number of nitrogens with zero attached hydrogens (tertiary/aromatic N) is 3. The van der Waals surface area contributed by atoms with Crippen LogP contribution in [0.1, 0.15) is 51.9 Å². The molecule has 0 radical (unpaired) electrons. The van der Waals surface area contributed by atoms with Gasteiger partial charge in [-0.15, -0.1) is 0 Å². The first-order valence-electron chi connectivity index (χ1n) is 11.9. The Morgan fingerprint density at radius 3 is 2.45 bits per heavy atom. The van der Waals surface area contributed by atoms with Crippen molar-refractivity contribution in [3.05, 3.63) is 83.2 Å². The van der Waals surface area contributed by atoms with E-state index in [1.54, 1.807) is 19.1 Å². The molecule has 0 bridgehead atoms. The molecular formula is C26H23F4N5O3. The van der Waals surface area contributed by atoms with Gasteiger partial charge < -0.3 is 20.1 Å². The molecule has 1 saturated carbocycles. The average molecular weight is 529 g/mol. The summed E-state index contributed by atoms with van der Waals surface area (Å²) in [7, 11) is 0. The van der Waals surface area contributed by atoms with Crippen molar-refractivity contribution >= 4 is 23.4 Å². The predicted octanol–water partition coefficient (Wildman–Crippen LogP) is 3.99. The van der Waals surface area contributed by atoms with Gasteiger partial charge in [0, 0.05) is 12.6 Å². The third-order valence-corrected chi connectivity index (χ3v) is 6.73. The molecule has 3 amide bonds. The minimum Gasteiger partial charge on any atom is -0.350 e. The maximum atomic E-state index is 13.7. The highest BCUT2D eigenvalue weighted by Crippen LogP contribution is 2.39. The molecule has 8 nitrogen and oxygen atoms in total. The molecule has 1 aliphatic heterocycles. The Morgan fingerprint density at radius 2 is 1.79 bits per heavy atom. The molecule has 2 heterocycles. The number of hydrogen-bond donors (Lipinski definition) is 2. The first-order valence-corrected chi connectivity index (χ1v) is 11.9. The number of alkyl halides is 3. The second-order valence-electron chi connectivity index (χ2n) is 9.56. The average Bonchev–Trinajstić information content (AvgIpc) is 3.60. The van der Waals surface area contributed by atoms with E-state index in [9.17, 15) is 31.9 Å². The number of nitrogens with one attached hydrogen (secondary N) is 2. The number of rotatable bonds is 6. The molecular weight excluding hydrogens is 506 g/mol. The van der Waals surface area contributed by atoms with E-state index in [0.29, 0.717) is 18.4 Å². The zero-order chi connectivity index (χ0) is 27.2. The summed E-state index contributed by atoms with van der Waals surface area (Å²) in [5.41, 5.74) is -2.56. The van der Waals surface area contributed by atoms with E-state index in [1.807, 2.05) is 0 Å². The van der Waals surface area contributed by atoms with Crippen molar-refractivity contribution < 1.29 is 31.9 Å². The highest BCUT2D eigenvalue weighted by molar-refractivity contribution is 6.12. The molecule has 5 rings (SSSR count). The van der Waals surface area contributed by atoms with E-state index in [0.717, 1.165) is 12.1 Å². The van der Waals surface area contributed by atoms with Gasteiger partial charge in [-0.1, -0.05) is 24.3 Å². The van der Waals surface area contributed by atoms with Crippen LogP contribution >= 0.6 is 0 Å². The van der Waals surface area contributed by atoms with Crippen LogP contribution in [0.15, 0.2) is 54.9 Å². The van der Waals surface area contributed by atoms with Crippen molar-refractivity contribution in [1.29, 1.82) is 0 Å². The van der Waals surface area contributed by atoms with E-state index in [-0.39, 0.29) is 30.5 Å². The van der Waals surface area contributed by atoms with Crippen LogP contribution < -0.4 is 10.6 Å². The smallest absolute Gasteiger partial charge is 0.350 e. The summed E-state index contributed by atoms with van der Waals surface area (Å²) in [6.45, 7) is 1.72. The Hall–Kier alpha value is -4.22. The number of carbonyl (C=O) groups is 3. The van der Waals surface area contributed by atoms with Gasteiger partial charge in [0.05, 0.1) is 24.1 Å². The number of halogens is 4. The lowest BCUT2D eigenvalue weighted by atomic mass is 9.93. The molecule has 3 aromatic rings. The van der Waals surface area contributed by atoms with Gasteiger partial charge in [-0.2, -0.15) is 13.2 Å². The third-order valence-electron chi connectivity index (χ3n) is 6.73. The molecule has 12 heteroatoms. The first kappa shape index (κ1) is 25.4. The first-order chi connectivity index (χ1) is 18.0. The third kappa shape index (κ3) is 4.61. The SMILES string of the molecule is C[C@@]1(C(=O)NCc2ccc(F)cc2)Cn2cnc(C(=O)Nc3ccccc3C(F)(F)F)c2C(=O)N1C1CC1. The Balaban J connectivity index is 1.41. The number of anilines is 1. The van der Waals surface area contributed by atoms with Gasteiger partial charge in [0.1, 0.15) is 17.1 Å². The standard InChI is InChI=1S/C26H23F4N5O3/c1-25(24(38)31-12-15-6-8-16(27)9-7-15)13-34-14-32-20(21(34)23(37)35(25)17-10-11-17)22(36)33-19-5-3-2-4-18(19)26(28,29)30/h2-9,14,17H,10-13H2,1H3,(H,31,38)(H,33,36)/t25-/m0/s1. The van der Waals surface area contributed by atoms with Gasteiger partial charge >= 0.3 is 6.18 Å². The molecule has 1 atom stereocenters. The summed E-state index contributed by atoms with van der Waals surface area (Å²) in [4.78, 5) is 45.5. The number of amides is 3. The van der Waals surface area contributed by atoms with E-state index in [4.69, 9.17) is 0 Å². The van der Waals surface area contributed by atoms with Crippen LogP contribution in [0.25, 0.3) is 0 Å². The number of para-hydroxylation sites is 1. The molecule has 2 aliphatic rings. The number of hydrogen-bond acceptors (Lipinski definition) is 4. The fraction of sp³-hybridized carbons (Fsp3) is 0.308. The summed E-state index contributed by atoms with van der Waals surface area (Å²) in [6.07, 6.45) is -2.13. The van der Waals surface area contributed by atoms with E-state index >= 15 is 0 Å². The van der Waals surface area contributed by atoms with Gasteiger partial charge in [0.2, 0.25) is 5.91 Å². The molecule has 0 spiro atoms. The minimum absolute atomic E-state index is 0.0146. The zero-order valence-corrected chi connectivity index (χ0v) is 20.2. The number of fused-ring (bicyclic) bond motifs is 1. The maximum absolute atomic E-state index is 13.7. The minimum atomic E-state index is -4.70. The lowest BCUT2D eigenvalue weighted by molar-refractivity contribution is -0.137. The number of carbonyl (C=O) groups excluding carboxylic acids is 3. The maximum Gasteiger partial charge on any atom is 0.418 e. The topological polar surface area (TPSA) is 96.3 Å². The van der Waals surface area contributed by atoms with Crippen molar-refractivity contribution in [3.8, 4) is 0 Å². The van der Waals surface area contributed by atoms with Gasteiger partial charge in [-0.3, -0.25) is 14.4 Å². The fourth-order valence-corrected chi connectivity index (χ4v) is 4.72. The summed E-state index contributed by atoms with van der Waals surface area (Å²) >= 11 is 0. The lowest BCUT2D eigenvalue weighted by Crippen LogP contribution is -2.64. The second kappa shape index (κ2) is 9.26. The fourth-order valence-electron chi connectivity index (χ4n) is 4.72. The van der Waals surface area contributed by atoms with Crippen LogP contribution in [-0.2, 0) is 24.1 Å². The summed E-state index contributed by atoms with van der Waals surface area (Å²) < 4.78 is 54.7.